The van der Waals surface area contributed by atoms with E-state index in [0.29, 0.717) is 18.1 Å². The number of hydrogen-bond acceptors (Lipinski definition) is 6. The van der Waals surface area contributed by atoms with Crippen molar-refractivity contribution in [3.8, 4) is 11.1 Å². The van der Waals surface area contributed by atoms with E-state index in [2.05, 4.69) is 26.3 Å². The Bertz CT molecular complexity index is 1080. The second-order valence-corrected chi connectivity index (χ2v) is 6.01. The molecule has 4 rings (SSSR count). The van der Waals surface area contributed by atoms with Gasteiger partial charge in [0.15, 0.2) is 0 Å². The van der Waals surface area contributed by atoms with Crippen molar-refractivity contribution >= 4 is 34.0 Å². The Morgan fingerprint density at radius 3 is 2.73 bits per heavy atom. The van der Waals surface area contributed by atoms with E-state index in [9.17, 15) is 0 Å². The average Bonchev–Trinajstić information content (AvgIpc) is 3.10. The number of aromatic amines is 1. The number of nitrogens with two attached hydrogens (primary N) is 3. The van der Waals surface area contributed by atoms with Crippen LogP contribution < -0.4 is 22.5 Å². The minimum atomic E-state index is 0.211. The molecule has 7 nitrogen and oxygen atoms in total. The number of rotatable bonds is 4. The van der Waals surface area contributed by atoms with Gasteiger partial charge in [-0.15, -0.1) is 0 Å². The number of benzene rings is 2. The molecule has 0 spiro atoms. The smallest absolute Gasteiger partial charge is 0.221 e. The first-order valence-electron chi connectivity index (χ1n) is 8.19. The summed E-state index contributed by atoms with van der Waals surface area (Å²) in [6, 6.07) is 13.9. The lowest BCUT2D eigenvalue weighted by atomic mass is 9.98. The lowest BCUT2D eigenvalue weighted by molar-refractivity contribution is 1.08. The molecule has 2 heterocycles. The molecule has 8 N–H and O–H groups in total. The van der Waals surface area contributed by atoms with Crippen LogP contribution in [0.1, 0.15) is 5.56 Å². The molecule has 0 saturated heterocycles. The van der Waals surface area contributed by atoms with E-state index in [-0.39, 0.29) is 5.95 Å². The van der Waals surface area contributed by atoms with E-state index in [1.54, 1.807) is 12.3 Å². The summed E-state index contributed by atoms with van der Waals surface area (Å²) in [6.45, 7) is 0.340. The first-order chi connectivity index (χ1) is 12.6. The summed E-state index contributed by atoms with van der Waals surface area (Å²) >= 11 is 0. The topological polar surface area (TPSA) is 132 Å². The average molecular weight is 345 g/mol. The largest absolute Gasteiger partial charge is 0.398 e. The Morgan fingerprint density at radius 2 is 1.92 bits per heavy atom. The molecule has 0 aliphatic carbocycles. The van der Waals surface area contributed by atoms with Gasteiger partial charge < -0.3 is 27.5 Å². The van der Waals surface area contributed by atoms with Crippen LogP contribution in [0.3, 0.4) is 0 Å². The number of nitrogens with zero attached hydrogens (tertiary/aromatic N) is 2. The van der Waals surface area contributed by atoms with Crippen LogP contribution in [0.15, 0.2) is 54.9 Å². The SMILES string of the molecule is NCc1cc(Nc2ccnc(N)n2)cc(-c2ccc3[nH]ccc3c2)c1N. The number of fused-ring (bicyclic) bond motifs is 1. The van der Waals surface area contributed by atoms with Gasteiger partial charge in [0.1, 0.15) is 5.82 Å². The highest BCUT2D eigenvalue weighted by Crippen LogP contribution is 2.34. The first-order valence-corrected chi connectivity index (χ1v) is 8.19. The van der Waals surface area contributed by atoms with Gasteiger partial charge in [-0.05, 0) is 52.9 Å². The third kappa shape index (κ3) is 2.91. The Labute approximate surface area is 150 Å². The lowest BCUT2D eigenvalue weighted by Gasteiger charge is -2.15. The Morgan fingerprint density at radius 1 is 1.04 bits per heavy atom. The lowest BCUT2D eigenvalue weighted by Crippen LogP contribution is -2.05. The third-order valence-electron chi connectivity index (χ3n) is 4.30. The highest BCUT2D eigenvalue weighted by Gasteiger charge is 2.11. The maximum Gasteiger partial charge on any atom is 0.221 e. The molecule has 0 amide bonds. The van der Waals surface area contributed by atoms with E-state index in [0.717, 1.165) is 33.3 Å². The molecular formula is C19H19N7. The van der Waals surface area contributed by atoms with Crippen molar-refractivity contribution in [2.24, 2.45) is 5.73 Å². The predicted octanol–water partition coefficient (Wildman–Crippen LogP) is 2.99. The molecule has 0 fully saturated rings. The van der Waals surface area contributed by atoms with Crippen molar-refractivity contribution in [2.75, 3.05) is 16.8 Å². The van der Waals surface area contributed by atoms with Gasteiger partial charge in [-0.3, -0.25) is 0 Å². The minimum Gasteiger partial charge on any atom is -0.398 e. The second-order valence-electron chi connectivity index (χ2n) is 6.01. The Kier molecular flexibility index (Phi) is 3.91. The number of nitrogens with one attached hydrogen (secondary N) is 2. The van der Waals surface area contributed by atoms with Gasteiger partial charge in [0.2, 0.25) is 5.95 Å². The van der Waals surface area contributed by atoms with E-state index in [1.165, 1.54) is 0 Å². The summed E-state index contributed by atoms with van der Waals surface area (Å²) in [6.07, 6.45) is 3.52. The van der Waals surface area contributed by atoms with Crippen LogP contribution in [-0.2, 0) is 6.54 Å². The van der Waals surface area contributed by atoms with Gasteiger partial charge in [-0.25, -0.2) is 4.98 Å². The molecule has 0 aliphatic rings. The van der Waals surface area contributed by atoms with E-state index < -0.39 is 0 Å². The summed E-state index contributed by atoms with van der Waals surface area (Å²) in [7, 11) is 0. The zero-order valence-electron chi connectivity index (χ0n) is 14.0. The number of nitrogen functional groups attached to an aromatic ring is 2. The van der Waals surface area contributed by atoms with Gasteiger partial charge >= 0.3 is 0 Å². The monoisotopic (exact) mass is 345 g/mol. The van der Waals surface area contributed by atoms with Gasteiger partial charge in [0.25, 0.3) is 0 Å². The maximum atomic E-state index is 6.37. The molecule has 0 radical (unpaired) electrons. The molecule has 0 atom stereocenters. The Hall–Kier alpha value is -3.58. The van der Waals surface area contributed by atoms with Gasteiger partial charge in [-0.2, -0.15) is 4.98 Å². The quantitative estimate of drug-likeness (QED) is 0.361. The van der Waals surface area contributed by atoms with Crippen molar-refractivity contribution in [2.45, 2.75) is 6.54 Å². The van der Waals surface area contributed by atoms with Crippen molar-refractivity contribution in [3.05, 3.63) is 60.4 Å². The molecule has 2 aromatic carbocycles. The van der Waals surface area contributed by atoms with Gasteiger partial charge in [0, 0.05) is 41.4 Å². The normalized spacial score (nSPS) is 11.0. The fourth-order valence-corrected chi connectivity index (χ4v) is 3.01. The fraction of sp³-hybridized carbons (Fsp3) is 0.0526. The van der Waals surface area contributed by atoms with Crippen LogP contribution in [0.5, 0.6) is 0 Å². The molecular weight excluding hydrogens is 326 g/mol. The standard InChI is InChI=1S/C19H19N7/c20-10-13-8-14(25-17-4-6-24-19(22)26-17)9-15(18(13)21)11-1-2-16-12(7-11)3-5-23-16/h1-9,23H,10,20-21H2,(H3,22,24,25,26). The second kappa shape index (κ2) is 6.38. The number of anilines is 4. The number of hydrogen-bond donors (Lipinski definition) is 5. The number of aromatic nitrogens is 3. The summed E-state index contributed by atoms with van der Waals surface area (Å²) < 4.78 is 0. The highest BCUT2D eigenvalue weighted by molar-refractivity contribution is 5.90. The van der Waals surface area contributed by atoms with Crippen LogP contribution >= 0.6 is 0 Å². The summed E-state index contributed by atoms with van der Waals surface area (Å²) in [5.41, 5.74) is 23.3. The summed E-state index contributed by atoms with van der Waals surface area (Å²) in [4.78, 5) is 11.3. The molecule has 0 saturated carbocycles. The number of H-pyrrole nitrogens is 1. The zero-order chi connectivity index (χ0) is 18.1. The predicted molar refractivity (Wildman–Crippen MR) is 106 cm³/mol. The van der Waals surface area contributed by atoms with Gasteiger partial charge in [-0.1, -0.05) is 6.07 Å². The Balaban J connectivity index is 1.80. The summed E-state index contributed by atoms with van der Waals surface area (Å²) in [5.74, 6) is 0.819. The third-order valence-corrected chi connectivity index (χ3v) is 4.30. The van der Waals surface area contributed by atoms with Gasteiger partial charge in [0.05, 0.1) is 0 Å². The molecule has 0 aliphatic heterocycles. The zero-order valence-corrected chi connectivity index (χ0v) is 14.0. The molecule has 26 heavy (non-hydrogen) atoms. The van der Waals surface area contributed by atoms with Crippen molar-refractivity contribution in [1.82, 2.24) is 15.0 Å². The van der Waals surface area contributed by atoms with Crippen LogP contribution in [0.25, 0.3) is 22.0 Å². The van der Waals surface area contributed by atoms with E-state index >= 15 is 0 Å². The highest BCUT2D eigenvalue weighted by atomic mass is 15.1. The van der Waals surface area contributed by atoms with Crippen LogP contribution in [-0.4, -0.2) is 15.0 Å². The van der Waals surface area contributed by atoms with Crippen LogP contribution in [0.2, 0.25) is 0 Å². The fourth-order valence-electron chi connectivity index (χ4n) is 3.01. The van der Waals surface area contributed by atoms with Crippen molar-refractivity contribution in [3.63, 3.8) is 0 Å². The molecule has 4 aromatic rings. The summed E-state index contributed by atoms with van der Waals surface area (Å²) in [5, 5.41) is 4.36. The first kappa shape index (κ1) is 15.9. The van der Waals surface area contributed by atoms with Crippen molar-refractivity contribution in [1.29, 1.82) is 0 Å². The molecule has 2 aromatic heterocycles. The van der Waals surface area contributed by atoms with E-state index in [4.69, 9.17) is 17.2 Å². The molecule has 130 valence electrons. The maximum absolute atomic E-state index is 6.37. The molecule has 0 unspecified atom stereocenters. The van der Waals surface area contributed by atoms with Crippen LogP contribution in [0, 0.1) is 0 Å². The minimum absolute atomic E-state index is 0.211. The van der Waals surface area contributed by atoms with Crippen molar-refractivity contribution < 1.29 is 0 Å². The molecule has 0 bridgehead atoms. The molecule has 7 heteroatoms. The van der Waals surface area contributed by atoms with Crippen LogP contribution in [0.4, 0.5) is 23.1 Å². The van der Waals surface area contributed by atoms with E-state index in [1.807, 2.05) is 36.5 Å².